The second-order valence-corrected chi connectivity index (χ2v) is 10.6. The first-order valence-electron chi connectivity index (χ1n) is 15.4. The fourth-order valence-corrected chi connectivity index (χ4v) is 4.98. The third kappa shape index (κ3) is 10.9. The molecule has 16 nitrogen and oxygen atoms in total. The molecule has 0 aromatic heterocycles. The van der Waals surface area contributed by atoms with Crippen LogP contribution in [0.15, 0.2) is 42.5 Å². The highest BCUT2D eigenvalue weighted by molar-refractivity contribution is 6.06. The van der Waals surface area contributed by atoms with Crippen molar-refractivity contribution in [2.24, 2.45) is 0 Å². The Morgan fingerprint density at radius 1 is 0.872 bits per heavy atom. The Hall–Kier alpha value is -4.77. The standard InChI is InChI=1S/C31H41N7O9/c39-20-47-15-14-46-13-12-45-11-10-33-28(41)18-35-25-17-23-21(19-38(30(23)43)26-6-7-27(40)37-29(26)42)16-24(25)32-8-9-34-31(44)36-22-4-2-1-3-5-22/h1-5,16-17,26,32,35,39H,6-15,18-20H2,(H,33,41)(H2,34,36,44)(H,37,40,42). The summed E-state index contributed by atoms with van der Waals surface area (Å²) in [7, 11) is 0. The van der Waals surface area contributed by atoms with Gasteiger partial charge in [0.05, 0.1) is 51.0 Å². The lowest BCUT2D eigenvalue weighted by atomic mass is 10.0. The Kier molecular flexibility index (Phi) is 13.7. The van der Waals surface area contributed by atoms with E-state index in [1.807, 2.05) is 18.2 Å². The molecular formula is C31H41N7O9. The normalized spacial score (nSPS) is 15.6. The van der Waals surface area contributed by atoms with Crippen molar-refractivity contribution < 1.29 is 43.3 Å². The quantitative estimate of drug-likeness (QED) is 0.0618. The van der Waals surface area contributed by atoms with Gasteiger partial charge in [-0.05, 0) is 36.2 Å². The van der Waals surface area contributed by atoms with Gasteiger partial charge in [0.25, 0.3) is 5.91 Å². The molecule has 1 unspecified atom stereocenters. The van der Waals surface area contributed by atoms with Crippen LogP contribution in [0.25, 0.3) is 0 Å². The van der Waals surface area contributed by atoms with Crippen LogP contribution < -0.4 is 31.9 Å². The van der Waals surface area contributed by atoms with Gasteiger partial charge in [-0.2, -0.15) is 0 Å². The minimum atomic E-state index is -0.757. The lowest BCUT2D eigenvalue weighted by Gasteiger charge is -2.29. The highest BCUT2D eigenvalue weighted by Crippen LogP contribution is 2.34. The Labute approximate surface area is 271 Å². The van der Waals surface area contributed by atoms with E-state index >= 15 is 0 Å². The number of imide groups is 1. The summed E-state index contributed by atoms with van der Waals surface area (Å²) in [5, 5.41) is 25.5. The van der Waals surface area contributed by atoms with Crippen LogP contribution in [-0.2, 0) is 35.1 Å². The van der Waals surface area contributed by atoms with Crippen LogP contribution in [0.2, 0.25) is 0 Å². The summed E-state index contributed by atoms with van der Waals surface area (Å²) in [6, 6.07) is 11.3. The van der Waals surface area contributed by atoms with E-state index in [0.29, 0.717) is 54.6 Å². The number of nitrogens with one attached hydrogen (secondary N) is 6. The summed E-state index contributed by atoms with van der Waals surface area (Å²) in [4.78, 5) is 63.8. The smallest absolute Gasteiger partial charge is 0.319 e. The Morgan fingerprint density at radius 3 is 2.34 bits per heavy atom. The molecule has 1 saturated heterocycles. The number of carbonyl (C=O) groups is 5. The van der Waals surface area contributed by atoms with Crippen molar-refractivity contribution in [2.75, 3.05) is 82.0 Å². The molecule has 1 atom stereocenters. The molecule has 0 saturated carbocycles. The van der Waals surface area contributed by atoms with Gasteiger partial charge in [-0.3, -0.25) is 24.5 Å². The number of benzene rings is 2. The molecule has 2 aromatic rings. The van der Waals surface area contributed by atoms with E-state index in [2.05, 4.69) is 31.9 Å². The first-order valence-corrected chi connectivity index (χ1v) is 15.4. The molecule has 0 aliphatic carbocycles. The molecule has 2 aliphatic heterocycles. The lowest BCUT2D eigenvalue weighted by molar-refractivity contribution is -0.137. The Balaban J connectivity index is 1.30. The topological polar surface area (TPSA) is 209 Å². The third-order valence-electron chi connectivity index (χ3n) is 7.26. The largest absolute Gasteiger partial charge is 0.382 e. The van der Waals surface area contributed by atoms with E-state index in [9.17, 15) is 24.0 Å². The third-order valence-corrected chi connectivity index (χ3v) is 7.26. The van der Waals surface area contributed by atoms with Crippen molar-refractivity contribution in [1.29, 1.82) is 0 Å². The fraction of sp³-hybridized carbons (Fsp3) is 0.452. The van der Waals surface area contributed by atoms with Crippen molar-refractivity contribution in [3.05, 3.63) is 53.6 Å². The number of para-hydroxylation sites is 1. The van der Waals surface area contributed by atoms with Gasteiger partial charge < -0.3 is 50.8 Å². The van der Waals surface area contributed by atoms with Crippen molar-refractivity contribution in [2.45, 2.75) is 25.4 Å². The van der Waals surface area contributed by atoms with Gasteiger partial charge in [-0.15, -0.1) is 0 Å². The average Bonchev–Trinajstić information content (AvgIpc) is 3.37. The molecule has 7 N–H and O–H groups in total. The number of anilines is 3. The molecule has 2 heterocycles. The number of amides is 6. The minimum absolute atomic E-state index is 0.0930. The van der Waals surface area contributed by atoms with Crippen LogP contribution in [0.4, 0.5) is 21.9 Å². The fourth-order valence-electron chi connectivity index (χ4n) is 4.98. The first-order chi connectivity index (χ1) is 22.9. The summed E-state index contributed by atoms with van der Waals surface area (Å²) < 4.78 is 15.5. The number of fused-ring (bicyclic) bond motifs is 1. The maximum Gasteiger partial charge on any atom is 0.319 e. The highest BCUT2D eigenvalue weighted by atomic mass is 16.6. The molecular weight excluding hydrogens is 614 g/mol. The number of hydrogen-bond donors (Lipinski definition) is 7. The predicted molar refractivity (Wildman–Crippen MR) is 171 cm³/mol. The van der Waals surface area contributed by atoms with E-state index < -0.39 is 11.9 Å². The highest BCUT2D eigenvalue weighted by Gasteiger charge is 2.39. The van der Waals surface area contributed by atoms with Crippen LogP contribution in [-0.4, -0.2) is 112 Å². The maximum absolute atomic E-state index is 13.4. The Morgan fingerprint density at radius 2 is 1.60 bits per heavy atom. The van der Waals surface area contributed by atoms with Crippen LogP contribution >= 0.6 is 0 Å². The molecule has 0 radical (unpaired) electrons. The van der Waals surface area contributed by atoms with Crippen molar-refractivity contribution in [3.63, 3.8) is 0 Å². The van der Waals surface area contributed by atoms with Crippen LogP contribution in [0.1, 0.15) is 28.8 Å². The number of carbonyl (C=O) groups excluding carboxylic acids is 5. The summed E-state index contributed by atoms with van der Waals surface area (Å²) in [5.74, 6) is -1.50. The number of rotatable bonds is 19. The number of hydrogen-bond acceptors (Lipinski definition) is 11. The first kappa shape index (κ1) is 35.1. The van der Waals surface area contributed by atoms with E-state index in [0.717, 1.165) is 0 Å². The molecule has 47 heavy (non-hydrogen) atoms. The molecule has 2 aliphatic rings. The number of piperidine rings is 1. The number of nitrogens with zero attached hydrogens (tertiary/aromatic N) is 1. The molecule has 254 valence electrons. The number of aliphatic hydroxyl groups excluding tert-OH is 1. The second-order valence-electron chi connectivity index (χ2n) is 10.6. The van der Waals surface area contributed by atoms with E-state index in [1.165, 1.54) is 4.90 Å². The maximum atomic E-state index is 13.4. The van der Waals surface area contributed by atoms with Gasteiger partial charge in [0.2, 0.25) is 17.7 Å². The van der Waals surface area contributed by atoms with Gasteiger partial charge in [-0.25, -0.2) is 4.79 Å². The van der Waals surface area contributed by atoms with Crippen molar-refractivity contribution in [3.8, 4) is 0 Å². The predicted octanol–water partition coefficient (Wildman–Crippen LogP) is 0.209. The van der Waals surface area contributed by atoms with Crippen LogP contribution in [0, 0.1) is 0 Å². The zero-order valence-electron chi connectivity index (χ0n) is 26.0. The second kappa shape index (κ2) is 18.4. The molecule has 2 aromatic carbocycles. The van der Waals surface area contributed by atoms with Crippen LogP contribution in [0.5, 0.6) is 0 Å². The SMILES string of the molecule is O=C(CNc1cc2c(cc1NCCNC(=O)Nc1ccccc1)CN(C1CCC(=O)NC1=O)C2=O)NCCOCCOCCOCO. The van der Waals surface area contributed by atoms with Crippen molar-refractivity contribution in [1.82, 2.24) is 20.9 Å². The summed E-state index contributed by atoms with van der Waals surface area (Å²) >= 11 is 0. The average molecular weight is 656 g/mol. The van der Waals surface area contributed by atoms with Gasteiger partial charge >= 0.3 is 6.03 Å². The summed E-state index contributed by atoms with van der Waals surface area (Å²) in [5.41, 5.74) is 2.83. The van der Waals surface area contributed by atoms with Gasteiger partial charge in [-0.1, -0.05) is 18.2 Å². The molecule has 0 bridgehead atoms. The molecule has 1 fully saturated rings. The van der Waals surface area contributed by atoms with Gasteiger partial charge in [0.15, 0.2) is 0 Å². The lowest BCUT2D eigenvalue weighted by Crippen LogP contribution is -2.52. The Bertz CT molecular complexity index is 1390. The van der Waals surface area contributed by atoms with Gasteiger partial charge in [0.1, 0.15) is 12.8 Å². The zero-order chi connectivity index (χ0) is 33.4. The zero-order valence-corrected chi connectivity index (χ0v) is 26.0. The molecule has 16 heteroatoms. The van der Waals surface area contributed by atoms with Crippen LogP contribution in [0.3, 0.4) is 0 Å². The number of urea groups is 1. The molecule has 4 rings (SSSR count). The number of aliphatic hydroxyl groups is 1. The van der Waals surface area contributed by atoms with Crippen molar-refractivity contribution >= 4 is 46.7 Å². The van der Waals surface area contributed by atoms with E-state index in [1.54, 1.807) is 24.3 Å². The number of ether oxygens (including phenoxy) is 3. The van der Waals surface area contributed by atoms with E-state index in [4.69, 9.17) is 19.3 Å². The van der Waals surface area contributed by atoms with E-state index in [-0.39, 0.29) is 82.8 Å². The monoisotopic (exact) mass is 655 g/mol. The molecule has 6 amide bonds. The summed E-state index contributed by atoms with van der Waals surface area (Å²) in [6.07, 6.45) is 0.392. The summed E-state index contributed by atoms with van der Waals surface area (Å²) in [6.45, 7) is 2.23. The van der Waals surface area contributed by atoms with Gasteiger partial charge in [0, 0.05) is 43.9 Å². The minimum Gasteiger partial charge on any atom is -0.382 e. The molecule has 0 spiro atoms.